The summed E-state index contributed by atoms with van der Waals surface area (Å²) >= 11 is 0. The van der Waals surface area contributed by atoms with Crippen LogP contribution in [0.3, 0.4) is 0 Å². The molecule has 0 aliphatic heterocycles. The minimum Gasteiger partial charge on any atom is -0.396 e. The van der Waals surface area contributed by atoms with E-state index >= 15 is 0 Å². The van der Waals surface area contributed by atoms with Gasteiger partial charge >= 0.3 is 0 Å². The van der Waals surface area contributed by atoms with Gasteiger partial charge in [-0.05, 0) is 19.9 Å². The van der Waals surface area contributed by atoms with Crippen LogP contribution < -0.4 is 5.32 Å². The Kier molecular flexibility index (Phi) is 4.33. The highest BCUT2D eigenvalue weighted by atomic mass is 16.5. The molecule has 0 aromatic carbocycles. The molecule has 2 N–H and O–H groups in total. The van der Waals surface area contributed by atoms with Crippen molar-refractivity contribution in [1.82, 2.24) is 5.32 Å². The molecule has 0 aromatic rings. The van der Waals surface area contributed by atoms with Crippen molar-refractivity contribution in [3.8, 4) is 6.07 Å². The van der Waals surface area contributed by atoms with E-state index < -0.39 is 5.54 Å². The zero-order chi connectivity index (χ0) is 10.4. The quantitative estimate of drug-likeness (QED) is 0.607. The molecule has 0 bridgehead atoms. The number of hydrogen-bond donors (Lipinski definition) is 2. The molecular weight excluding hydrogens is 180 g/mol. The Morgan fingerprint density at radius 1 is 1.64 bits per heavy atom. The van der Waals surface area contributed by atoms with Crippen LogP contribution in [0.2, 0.25) is 0 Å². The van der Waals surface area contributed by atoms with Crippen LogP contribution in [0, 0.1) is 11.3 Å². The molecule has 0 atom stereocenters. The maximum absolute atomic E-state index is 8.99. The predicted octanol–water partition coefficient (Wildman–Crippen LogP) is 0.420. The second-order valence-corrected chi connectivity index (χ2v) is 3.68. The molecule has 0 aromatic heterocycles. The first-order chi connectivity index (χ1) is 6.76. The lowest BCUT2D eigenvalue weighted by Crippen LogP contribution is -2.57. The summed E-state index contributed by atoms with van der Waals surface area (Å²) in [4.78, 5) is 0. The van der Waals surface area contributed by atoms with Crippen molar-refractivity contribution < 1.29 is 9.84 Å². The van der Waals surface area contributed by atoms with Crippen LogP contribution in [0.5, 0.6) is 0 Å². The van der Waals surface area contributed by atoms with E-state index in [1.165, 1.54) is 0 Å². The van der Waals surface area contributed by atoms with Crippen LogP contribution in [0.25, 0.3) is 0 Å². The third-order valence-corrected chi connectivity index (χ3v) is 2.57. The molecule has 1 rings (SSSR count). The normalized spacial score (nSPS) is 30.8. The van der Waals surface area contributed by atoms with E-state index in [1.54, 1.807) is 0 Å². The number of hydrogen-bond acceptors (Lipinski definition) is 4. The number of nitriles is 1. The lowest BCUT2D eigenvalue weighted by atomic mass is 9.75. The van der Waals surface area contributed by atoms with Crippen molar-refractivity contribution >= 4 is 0 Å². The first-order valence-electron chi connectivity index (χ1n) is 5.15. The van der Waals surface area contributed by atoms with Crippen LogP contribution in [0.15, 0.2) is 0 Å². The summed E-state index contributed by atoms with van der Waals surface area (Å²) in [5.74, 6) is 0. The van der Waals surface area contributed by atoms with E-state index in [1.807, 2.05) is 6.92 Å². The Balaban J connectivity index is 2.23. The van der Waals surface area contributed by atoms with Gasteiger partial charge in [-0.25, -0.2) is 0 Å². The number of ether oxygens (including phenoxy) is 1. The monoisotopic (exact) mass is 198 g/mol. The van der Waals surface area contributed by atoms with Gasteiger partial charge in [-0.2, -0.15) is 5.26 Å². The molecule has 1 saturated carbocycles. The zero-order valence-electron chi connectivity index (χ0n) is 8.62. The maximum Gasteiger partial charge on any atom is 0.111 e. The highest BCUT2D eigenvalue weighted by molar-refractivity contribution is 5.16. The molecule has 0 radical (unpaired) electrons. The van der Waals surface area contributed by atoms with Crippen LogP contribution in [0.4, 0.5) is 0 Å². The number of aliphatic hydroxyl groups is 1. The SMILES string of the molecule is CCOC1CC(C#N)(NCCCO)C1. The smallest absolute Gasteiger partial charge is 0.111 e. The van der Waals surface area contributed by atoms with E-state index in [2.05, 4.69) is 11.4 Å². The van der Waals surface area contributed by atoms with Gasteiger partial charge in [-0.3, -0.25) is 5.32 Å². The highest BCUT2D eigenvalue weighted by Gasteiger charge is 2.44. The molecular formula is C10H18N2O2. The molecule has 0 amide bonds. The van der Waals surface area contributed by atoms with Gasteiger partial charge in [-0.1, -0.05) is 0 Å². The lowest BCUT2D eigenvalue weighted by Gasteiger charge is -2.42. The van der Waals surface area contributed by atoms with E-state index in [9.17, 15) is 0 Å². The average molecular weight is 198 g/mol. The third-order valence-electron chi connectivity index (χ3n) is 2.57. The highest BCUT2D eigenvalue weighted by Crippen LogP contribution is 2.33. The fourth-order valence-electron chi connectivity index (χ4n) is 1.75. The molecule has 0 heterocycles. The van der Waals surface area contributed by atoms with Crippen LogP contribution in [-0.2, 0) is 4.74 Å². The van der Waals surface area contributed by atoms with E-state index in [0.717, 1.165) is 12.8 Å². The van der Waals surface area contributed by atoms with Crippen molar-refractivity contribution in [2.45, 2.75) is 37.8 Å². The molecule has 1 aliphatic carbocycles. The Labute approximate surface area is 84.9 Å². The molecule has 4 heteroatoms. The number of nitrogens with zero attached hydrogens (tertiary/aromatic N) is 1. The van der Waals surface area contributed by atoms with Crippen molar-refractivity contribution in [1.29, 1.82) is 5.26 Å². The summed E-state index contributed by atoms with van der Waals surface area (Å²) < 4.78 is 5.40. The first kappa shape index (κ1) is 11.4. The Bertz CT molecular complexity index is 201. The van der Waals surface area contributed by atoms with Crippen molar-refractivity contribution in [2.75, 3.05) is 19.8 Å². The summed E-state index contributed by atoms with van der Waals surface area (Å²) in [7, 11) is 0. The van der Waals surface area contributed by atoms with Gasteiger partial charge < -0.3 is 9.84 Å². The van der Waals surface area contributed by atoms with Gasteiger partial charge in [0, 0.05) is 26.1 Å². The van der Waals surface area contributed by atoms with Crippen molar-refractivity contribution in [2.24, 2.45) is 0 Å². The fraction of sp³-hybridized carbons (Fsp3) is 0.900. The van der Waals surface area contributed by atoms with E-state index in [-0.39, 0.29) is 12.7 Å². The van der Waals surface area contributed by atoms with Crippen LogP contribution in [0.1, 0.15) is 26.2 Å². The standard InChI is InChI=1S/C10H18N2O2/c1-2-14-9-6-10(7-9,8-11)12-4-3-5-13/h9,12-13H,2-7H2,1H3. The largest absolute Gasteiger partial charge is 0.396 e. The molecule has 0 saturated heterocycles. The summed E-state index contributed by atoms with van der Waals surface area (Å²) in [5.41, 5.74) is -0.394. The maximum atomic E-state index is 8.99. The minimum absolute atomic E-state index is 0.170. The fourth-order valence-corrected chi connectivity index (χ4v) is 1.75. The Hall–Kier alpha value is -0.630. The van der Waals surface area contributed by atoms with Gasteiger partial charge in [0.2, 0.25) is 0 Å². The molecule has 1 aliphatic rings. The average Bonchev–Trinajstić information content (AvgIpc) is 2.14. The van der Waals surface area contributed by atoms with Gasteiger partial charge in [0.25, 0.3) is 0 Å². The molecule has 14 heavy (non-hydrogen) atoms. The molecule has 4 nitrogen and oxygen atoms in total. The van der Waals surface area contributed by atoms with Gasteiger partial charge in [0.15, 0.2) is 0 Å². The molecule has 0 spiro atoms. The Morgan fingerprint density at radius 3 is 2.86 bits per heavy atom. The zero-order valence-corrected chi connectivity index (χ0v) is 8.62. The molecule has 80 valence electrons. The van der Waals surface area contributed by atoms with Gasteiger partial charge in [-0.15, -0.1) is 0 Å². The van der Waals surface area contributed by atoms with Crippen molar-refractivity contribution in [3.05, 3.63) is 0 Å². The van der Waals surface area contributed by atoms with E-state index in [4.69, 9.17) is 15.1 Å². The summed E-state index contributed by atoms with van der Waals surface area (Å²) in [6.07, 6.45) is 2.47. The Morgan fingerprint density at radius 2 is 2.36 bits per heavy atom. The number of aliphatic hydroxyl groups excluding tert-OH is 1. The minimum atomic E-state index is -0.394. The number of rotatable bonds is 6. The lowest BCUT2D eigenvalue weighted by molar-refractivity contribution is -0.0314. The molecule has 0 unspecified atom stereocenters. The summed E-state index contributed by atoms with van der Waals surface area (Å²) in [5, 5.41) is 20.8. The third kappa shape index (κ3) is 2.68. The molecule has 1 fully saturated rings. The van der Waals surface area contributed by atoms with Gasteiger partial charge in [0.05, 0.1) is 12.2 Å². The summed E-state index contributed by atoms with van der Waals surface area (Å²) in [6.45, 7) is 3.54. The second kappa shape index (κ2) is 5.30. The first-order valence-corrected chi connectivity index (χ1v) is 5.15. The van der Waals surface area contributed by atoms with Gasteiger partial charge in [0.1, 0.15) is 5.54 Å². The second-order valence-electron chi connectivity index (χ2n) is 3.68. The predicted molar refractivity (Wildman–Crippen MR) is 52.7 cm³/mol. The number of nitrogens with one attached hydrogen (secondary N) is 1. The van der Waals surface area contributed by atoms with Crippen LogP contribution >= 0.6 is 0 Å². The topological polar surface area (TPSA) is 65.3 Å². The van der Waals surface area contributed by atoms with Crippen LogP contribution in [-0.4, -0.2) is 36.5 Å². The summed E-state index contributed by atoms with van der Waals surface area (Å²) in [6, 6.07) is 2.29. The van der Waals surface area contributed by atoms with Crippen molar-refractivity contribution in [3.63, 3.8) is 0 Å². The van der Waals surface area contributed by atoms with E-state index in [0.29, 0.717) is 19.6 Å².